The molecule has 9 heteroatoms. The standard InChI is InChI=1S/C16H27N5O3S/c1-4-20-11-15(12(2)19-20)25(23,24)21-7-5-16(6-8-21)9-14(10-17-16)18-13(3)22/h11,14,17H,4-10H2,1-3H3,(H,18,22). The van der Waals surface area contributed by atoms with Crippen molar-refractivity contribution in [1.82, 2.24) is 24.7 Å². The Morgan fingerprint density at radius 1 is 1.44 bits per heavy atom. The third kappa shape index (κ3) is 3.58. The predicted molar refractivity (Wildman–Crippen MR) is 93.6 cm³/mol. The number of aromatic nitrogens is 2. The molecule has 0 radical (unpaired) electrons. The van der Waals surface area contributed by atoms with Gasteiger partial charge in [0, 0.05) is 50.9 Å². The normalized spacial score (nSPS) is 23.9. The smallest absolute Gasteiger partial charge is 0.246 e. The first-order valence-electron chi connectivity index (χ1n) is 8.82. The van der Waals surface area contributed by atoms with Crippen LogP contribution in [0, 0.1) is 6.92 Å². The molecule has 1 aromatic heterocycles. The van der Waals surface area contributed by atoms with Crippen LogP contribution in [0.1, 0.15) is 38.8 Å². The fourth-order valence-electron chi connectivity index (χ4n) is 3.93. The molecule has 0 bridgehead atoms. The van der Waals surface area contributed by atoms with Gasteiger partial charge in [0.15, 0.2) is 0 Å². The highest BCUT2D eigenvalue weighted by atomic mass is 32.2. The van der Waals surface area contributed by atoms with E-state index in [1.54, 1.807) is 22.1 Å². The molecule has 1 aromatic rings. The van der Waals surface area contributed by atoms with E-state index in [4.69, 9.17) is 0 Å². The maximum atomic E-state index is 12.9. The second kappa shape index (κ2) is 6.69. The Balaban J connectivity index is 1.67. The van der Waals surface area contributed by atoms with Gasteiger partial charge in [-0.05, 0) is 33.1 Å². The minimum Gasteiger partial charge on any atom is -0.352 e. The van der Waals surface area contributed by atoms with Crippen LogP contribution in [0.4, 0.5) is 0 Å². The van der Waals surface area contributed by atoms with E-state index in [2.05, 4.69) is 15.7 Å². The number of carbonyl (C=O) groups is 1. The third-order valence-electron chi connectivity index (χ3n) is 5.29. The van der Waals surface area contributed by atoms with Gasteiger partial charge < -0.3 is 10.6 Å². The Morgan fingerprint density at radius 3 is 2.68 bits per heavy atom. The molecule has 2 aliphatic rings. The number of amides is 1. The molecule has 1 amide bonds. The number of nitrogens with one attached hydrogen (secondary N) is 2. The summed E-state index contributed by atoms with van der Waals surface area (Å²) in [5.74, 6) is -0.0210. The van der Waals surface area contributed by atoms with Gasteiger partial charge in [-0.15, -0.1) is 0 Å². The summed E-state index contributed by atoms with van der Waals surface area (Å²) in [7, 11) is -3.51. The molecule has 1 unspecified atom stereocenters. The lowest BCUT2D eigenvalue weighted by atomic mass is 9.86. The van der Waals surface area contributed by atoms with Crippen LogP contribution in [0.3, 0.4) is 0 Å². The molecule has 0 saturated carbocycles. The SMILES string of the molecule is CCn1cc(S(=O)(=O)N2CCC3(CC2)CC(NC(C)=O)CN3)c(C)n1. The van der Waals surface area contributed by atoms with Crippen LogP contribution < -0.4 is 10.6 Å². The number of carbonyl (C=O) groups excluding carboxylic acids is 1. The summed E-state index contributed by atoms with van der Waals surface area (Å²) in [4.78, 5) is 11.5. The van der Waals surface area contributed by atoms with Gasteiger partial charge in [-0.3, -0.25) is 9.48 Å². The highest BCUT2D eigenvalue weighted by Crippen LogP contribution is 2.33. The summed E-state index contributed by atoms with van der Waals surface area (Å²) in [6.07, 6.45) is 3.98. The molecule has 2 fully saturated rings. The van der Waals surface area contributed by atoms with Gasteiger partial charge in [0.05, 0.1) is 5.69 Å². The van der Waals surface area contributed by atoms with E-state index in [1.165, 1.54) is 6.92 Å². The largest absolute Gasteiger partial charge is 0.352 e. The minimum atomic E-state index is -3.51. The van der Waals surface area contributed by atoms with E-state index in [9.17, 15) is 13.2 Å². The van der Waals surface area contributed by atoms with Crippen molar-refractivity contribution in [1.29, 1.82) is 0 Å². The minimum absolute atomic E-state index is 0.0210. The molecule has 1 spiro atoms. The number of sulfonamides is 1. The average molecular weight is 369 g/mol. The Bertz CT molecular complexity index is 750. The molecular formula is C16H27N5O3S. The molecule has 2 aliphatic heterocycles. The van der Waals surface area contributed by atoms with Crippen LogP contribution in [-0.2, 0) is 21.4 Å². The van der Waals surface area contributed by atoms with Crippen molar-refractivity contribution < 1.29 is 13.2 Å². The molecular weight excluding hydrogens is 342 g/mol. The second-order valence-corrected chi connectivity index (χ2v) is 9.01. The summed E-state index contributed by atoms with van der Waals surface area (Å²) in [6.45, 7) is 7.56. The van der Waals surface area contributed by atoms with Crippen molar-refractivity contribution in [2.24, 2.45) is 0 Å². The van der Waals surface area contributed by atoms with Gasteiger partial charge >= 0.3 is 0 Å². The average Bonchev–Trinajstić information content (AvgIpc) is 3.11. The molecule has 2 N–H and O–H groups in total. The molecule has 1 atom stereocenters. The van der Waals surface area contributed by atoms with Crippen LogP contribution >= 0.6 is 0 Å². The lowest BCUT2D eigenvalue weighted by Gasteiger charge is -2.38. The second-order valence-electron chi connectivity index (χ2n) is 7.10. The van der Waals surface area contributed by atoms with Gasteiger partial charge in [0.2, 0.25) is 15.9 Å². The first-order valence-corrected chi connectivity index (χ1v) is 10.3. The number of rotatable bonds is 4. The zero-order valence-electron chi connectivity index (χ0n) is 15.1. The fraction of sp³-hybridized carbons (Fsp3) is 0.750. The Labute approximate surface area is 149 Å². The van der Waals surface area contributed by atoms with Gasteiger partial charge in [-0.2, -0.15) is 9.40 Å². The molecule has 3 rings (SSSR count). The van der Waals surface area contributed by atoms with E-state index >= 15 is 0 Å². The van der Waals surface area contributed by atoms with Gasteiger partial charge in [-0.25, -0.2) is 8.42 Å². The molecule has 3 heterocycles. The quantitative estimate of drug-likeness (QED) is 0.792. The van der Waals surface area contributed by atoms with Crippen molar-refractivity contribution in [2.75, 3.05) is 19.6 Å². The molecule has 0 aromatic carbocycles. The van der Waals surface area contributed by atoms with Crippen LogP contribution in [0.25, 0.3) is 0 Å². The van der Waals surface area contributed by atoms with Crippen molar-refractivity contribution in [2.45, 2.75) is 63.1 Å². The molecule has 2 saturated heterocycles. The highest BCUT2D eigenvalue weighted by molar-refractivity contribution is 7.89. The fourth-order valence-corrected chi connectivity index (χ4v) is 5.55. The van der Waals surface area contributed by atoms with Gasteiger partial charge in [0.25, 0.3) is 0 Å². The summed E-state index contributed by atoms with van der Waals surface area (Å²) < 4.78 is 29.1. The molecule has 0 aliphatic carbocycles. The van der Waals surface area contributed by atoms with E-state index in [0.29, 0.717) is 30.2 Å². The Kier molecular flexibility index (Phi) is 4.91. The van der Waals surface area contributed by atoms with E-state index in [0.717, 1.165) is 25.8 Å². The van der Waals surface area contributed by atoms with Crippen LogP contribution in [0.5, 0.6) is 0 Å². The maximum absolute atomic E-state index is 12.9. The van der Waals surface area contributed by atoms with Crippen molar-refractivity contribution in [3.8, 4) is 0 Å². The lowest BCUT2D eigenvalue weighted by Crippen LogP contribution is -2.51. The zero-order chi connectivity index (χ0) is 18.2. The van der Waals surface area contributed by atoms with Gasteiger partial charge in [-0.1, -0.05) is 0 Å². The van der Waals surface area contributed by atoms with Crippen molar-refractivity contribution in [3.63, 3.8) is 0 Å². The summed E-state index contributed by atoms with van der Waals surface area (Å²) in [5.41, 5.74) is 0.480. The maximum Gasteiger partial charge on any atom is 0.246 e. The molecule has 25 heavy (non-hydrogen) atoms. The van der Waals surface area contributed by atoms with Gasteiger partial charge in [0.1, 0.15) is 4.90 Å². The Hall–Kier alpha value is -1.45. The number of hydrogen-bond acceptors (Lipinski definition) is 5. The number of piperidine rings is 1. The highest BCUT2D eigenvalue weighted by Gasteiger charge is 2.43. The predicted octanol–water partition coefficient (Wildman–Crippen LogP) is 0.233. The zero-order valence-corrected chi connectivity index (χ0v) is 15.9. The van der Waals surface area contributed by atoms with Crippen molar-refractivity contribution >= 4 is 15.9 Å². The molecule has 140 valence electrons. The lowest BCUT2D eigenvalue weighted by molar-refractivity contribution is -0.119. The van der Waals surface area contributed by atoms with E-state index in [-0.39, 0.29) is 17.5 Å². The van der Waals surface area contributed by atoms with Crippen LogP contribution in [0.2, 0.25) is 0 Å². The first kappa shape index (κ1) is 18.3. The number of nitrogens with zero attached hydrogens (tertiary/aromatic N) is 3. The van der Waals surface area contributed by atoms with Crippen LogP contribution in [0.15, 0.2) is 11.1 Å². The number of hydrogen-bond donors (Lipinski definition) is 2. The summed E-state index contributed by atoms with van der Waals surface area (Å²) >= 11 is 0. The summed E-state index contributed by atoms with van der Waals surface area (Å²) in [6, 6.07) is 0.130. The third-order valence-corrected chi connectivity index (χ3v) is 7.29. The molecule has 8 nitrogen and oxygen atoms in total. The monoisotopic (exact) mass is 369 g/mol. The van der Waals surface area contributed by atoms with E-state index in [1.807, 2.05) is 6.92 Å². The van der Waals surface area contributed by atoms with E-state index < -0.39 is 10.0 Å². The first-order chi connectivity index (χ1) is 11.8. The Morgan fingerprint density at radius 2 is 2.12 bits per heavy atom. The van der Waals surface area contributed by atoms with Crippen LogP contribution in [-0.4, -0.2) is 59.6 Å². The summed E-state index contributed by atoms with van der Waals surface area (Å²) in [5, 5.41) is 10.7. The number of aryl methyl sites for hydroxylation is 2. The van der Waals surface area contributed by atoms with Crippen molar-refractivity contribution in [3.05, 3.63) is 11.9 Å². The topological polar surface area (TPSA) is 96.3 Å².